The number of aryl methyl sites for hydroxylation is 1. The Morgan fingerprint density at radius 2 is 1.88 bits per heavy atom. The van der Waals surface area contributed by atoms with Crippen LogP contribution in [0.25, 0.3) is 11.3 Å². The van der Waals surface area contributed by atoms with E-state index in [4.69, 9.17) is 4.74 Å². The van der Waals surface area contributed by atoms with Gasteiger partial charge in [-0.1, -0.05) is 0 Å². The van der Waals surface area contributed by atoms with E-state index in [2.05, 4.69) is 15.1 Å². The minimum absolute atomic E-state index is 0.0962. The van der Waals surface area contributed by atoms with Crippen molar-refractivity contribution in [2.75, 3.05) is 24.5 Å². The van der Waals surface area contributed by atoms with Crippen LogP contribution in [0.15, 0.2) is 24.3 Å². The quantitative estimate of drug-likeness (QED) is 0.699. The highest BCUT2D eigenvalue weighted by molar-refractivity contribution is 5.72. The first-order chi connectivity index (χ1) is 15.3. The lowest BCUT2D eigenvalue weighted by atomic mass is 10.0. The van der Waals surface area contributed by atoms with Crippen molar-refractivity contribution in [1.29, 1.82) is 0 Å². The molecule has 178 valence electrons. The molecule has 4 rings (SSSR count). The number of hydrogen-bond acceptors (Lipinski definition) is 6. The van der Waals surface area contributed by atoms with Crippen molar-refractivity contribution in [2.45, 2.75) is 51.9 Å². The van der Waals surface area contributed by atoms with Crippen molar-refractivity contribution in [3.63, 3.8) is 0 Å². The summed E-state index contributed by atoms with van der Waals surface area (Å²) in [7, 11) is 0. The molecule has 10 heteroatoms. The Morgan fingerprint density at radius 3 is 2.45 bits per heavy atom. The highest BCUT2D eigenvalue weighted by Crippen LogP contribution is 2.39. The number of carbonyl (C=O) groups is 1. The lowest BCUT2D eigenvalue weighted by molar-refractivity contribution is -0.137. The van der Waals surface area contributed by atoms with Gasteiger partial charge in [0, 0.05) is 31.1 Å². The van der Waals surface area contributed by atoms with Gasteiger partial charge in [-0.15, -0.1) is 10.2 Å². The summed E-state index contributed by atoms with van der Waals surface area (Å²) in [5, 5.41) is 18.7. The molecule has 0 bridgehead atoms. The maximum Gasteiger partial charge on any atom is 0.416 e. The number of amides is 1. The normalized spacial score (nSPS) is 20.8. The largest absolute Gasteiger partial charge is 0.507 e. The van der Waals surface area contributed by atoms with Crippen LogP contribution in [0.3, 0.4) is 0 Å². The summed E-state index contributed by atoms with van der Waals surface area (Å²) in [6, 6.07) is 5.17. The zero-order chi connectivity index (χ0) is 24.1. The molecule has 0 radical (unpaired) electrons. The summed E-state index contributed by atoms with van der Waals surface area (Å²) in [6.45, 7) is 8.93. The van der Waals surface area contributed by atoms with Crippen molar-refractivity contribution < 1.29 is 27.8 Å². The van der Waals surface area contributed by atoms with Crippen LogP contribution in [-0.2, 0) is 10.9 Å². The number of rotatable bonds is 2. The van der Waals surface area contributed by atoms with E-state index in [9.17, 15) is 23.1 Å². The predicted octanol–water partition coefficient (Wildman–Crippen LogP) is 4.62. The molecule has 3 heterocycles. The summed E-state index contributed by atoms with van der Waals surface area (Å²) in [4.78, 5) is 16.3. The minimum atomic E-state index is -4.54. The van der Waals surface area contributed by atoms with Gasteiger partial charge in [-0.05, 0) is 63.9 Å². The number of aromatic nitrogens is 2. The fraction of sp³-hybridized carbons (Fsp3) is 0.522. The molecule has 2 fully saturated rings. The van der Waals surface area contributed by atoms with Gasteiger partial charge < -0.3 is 19.6 Å². The van der Waals surface area contributed by atoms with Crippen LogP contribution in [0.4, 0.5) is 23.8 Å². The monoisotopic (exact) mass is 464 g/mol. The molecule has 1 N–H and O–H groups in total. The molecule has 0 spiro atoms. The molecule has 1 aromatic carbocycles. The maximum atomic E-state index is 13.0. The molecule has 1 aromatic heterocycles. The van der Waals surface area contributed by atoms with E-state index in [1.54, 1.807) is 17.0 Å². The molecule has 2 aliphatic rings. The Balaban J connectivity index is 1.51. The lowest BCUT2D eigenvalue weighted by Crippen LogP contribution is -2.39. The number of fused-ring (bicyclic) bond motifs is 1. The van der Waals surface area contributed by atoms with E-state index in [1.165, 1.54) is 6.92 Å². The van der Waals surface area contributed by atoms with E-state index in [0.29, 0.717) is 36.6 Å². The number of benzene rings is 1. The molecule has 2 saturated heterocycles. The fourth-order valence-electron chi connectivity index (χ4n) is 4.60. The Hall–Kier alpha value is -3.04. The lowest BCUT2D eigenvalue weighted by Gasteiger charge is -2.27. The van der Waals surface area contributed by atoms with E-state index in [1.807, 2.05) is 20.8 Å². The van der Waals surface area contributed by atoms with Gasteiger partial charge in [0.05, 0.1) is 17.3 Å². The third-order valence-electron chi connectivity index (χ3n) is 6.04. The number of anilines is 1. The van der Waals surface area contributed by atoms with E-state index in [0.717, 1.165) is 19.0 Å². The number of ether oxygens (including phenoxy) is 1. The van der Waals surface area contributed by atoms with E-state index >= 15 is 0 Å². The molecule has 0 saturated carbocycles. The summed E-state index contributed by atoms with van der Waals surface area (Å²) in [5.41, 5.74) is -0.699. The van der Waals surface area contributed by atoms with Gasteiger partial charge in [0.2, 0.25) is 0 Å². The first-order valence-corrected chi connectivity index (χ1v) is 10.8. The van der Waals surface area contributed by atoms with Crippen LogP contribution in [0.5, 0.6) is 5.75 Å². The van der Waals surface area contributed by atoms with Crippen LogP contribution >= 0.6 is 0 Å². The maximum absolute atomic E-state index is 13.0. The van der Waals surface area contributed by atoms with Gasteiger partial charge in [0.15, 0.2) is 5.82 Å². The summed E-state index contributed by atoms with van der Waals surface area (Å²) >= 11 is 0. The van der Waals surface area contributed by atoms with Crippen LogP contribution in [-0.4, -0.2) is 57.6 Å². The Labute approximate surface area is 190 Å². The summed E-state index contributed by atoms with van der Waals surface area (Å²) in [6.07, 6.45) is -3.96. The molecule has 1 amide bonds. The number of alkyl halides is 3. The first-order valence-electron chi connectivity index (χ1n) is 10.8. The summed E-state index contributed by atoms with van der Waals surface area (Å²) < 4.78 is 44.5. The third kappa shape index (κ3) is 4.69. The SMILES string of the molecule is Cc1cc(C(F)(F)F)cc(O)c1-c1ccc(N2CC[C@H]3CN(C(=O)OC(C)(C)C)C[C@H]32)nn1. The number of aromatic hydroxyl groups is 1. The first kappa shape index (κ1) is 23.1. The zero-order valence-electron chi connectivity index (χ0n) is 19.0. The molecular weight excluding hydrogens is 437 g/mol. The number of hydrogen-bond donors (Lipinski definition) is 1. The number of carbonyl (C=O) groups excluding carboxylic acids is 1. The van der Waals surface area contributed by atoms with Crippen LogP contribution < -0.4 is 4.90 Å². The average molecular weight is 464 g/mol. The minimum Gasteiger partial charge on any atom is -0.507 e. The Kier molecular flexibility index (Phi) is 5.66. The molecule has 0 unspecified atom stereocenters. The second-order valence-electron chi connectivity index (χ2n) is 9.66. The predicted molar refractivity (Wildman–Crippen MR) is 116 cm³/mol. The van der Waals surface area contributed by atoms with Crippen molar-refractivity contribution >= 4 is 11.9 Å². The molecule has 7 nitrogen and oxygen atoms in total. The van der Waals surface area contributed by atoms with Crippen molar-refractivity contribution in [3.8, 4) is 17.0 Å². The van der Waals surface area contributed by atoms with Gasteiger partial charge in [0.1, 0.15) is 11.4 Å². The molecular formula is C23H27F3N4O3. The molecule has 0 aliphatic carbocycles. The zero-order valence-corrected chi connectivity index (χ0v) is 19.0. The number of halogens is 3. The second kappa shape index (κ2) is 8.07. The van der Waals surface area contributed by atoms with Crippen molar-refractivity contribution in [2.24, 2.45) is 5.92 Å². The second-order valence-corrected chi connectivity index (χ2v) is 9.66. The standard InChI is InChI=1S/C23H27F3N4O3/c1-13-9-15(23(24,25)26)10-18(31)20(13)16-5-6-19(28-27-16)30-8-7-14-11-29(12-17(14)30)21(32)33-22(2,3)4/h5-6,9-10,14,17,31H,7-8,11-12H2,1-4H3/t14-,17+/m0/s1. The van der Waals surface area contributed by atoms with Crippen LogP contribution in [0, 0.1) is 12.8 Å². The van der Waals surface area contributed by atoms with Crippen LogP contribution in [0.1, 0.15) is 38.3 Å². The van der Waals surface area contributed by atoms with Crippen molar-refractivity contribution in [1.82, 2.24) is 15.1 Å². The highest BCUT2D eigenvalue weighted by atomic mass is 19.4. The van der Waals surface area contributed by atoms with Gasteiger partial charge in [0.25, 0.3) is 0 Å². The fourth-order valence-corrected chi connectivity index (χ4v) is 4.60. The number of phenols is 1. The number of likely N-dealkylation sites (tertiary alicyclic amines) is 1. The number of nitrogens with zero attached hydrogens (tertiary/aromatic N) is 4. The molecule has 33 heavy (non-hydrogen) atoms. The van der Waals surface area contributed by atoms with Gasteiger partial charge in [-0.3, -0.25) is 0 Å². The highest BCUT2D eigenvalue weighted by Gasteiger charge is 2.44. The summed E-state index contributed by atoms with van der Waals surface area (Å²) in [5.74, 6) is 0.441. The van der Waals surface area contributed by atoms with E-state index in [-0.39, 0.29) is 23.3 Å². The molecule has 2 aliphatic heterocycles. The van der Waals surface area contributed by atoms with Crippen molar-refractivity contribution in [3.05, 3.63) is 35.4 Å². The molecule has 2 aromatic rings. The van der Waals surface area contributed by atoms with Gasteiger partial charge in [-0.2, -0.15) is 13.2 Å². The average Bonchev–Trinajstić information content (AvgIpc) is 3.27. The molecule has 2 atom stereocenters. The smallest absolute Gasteiger partial charge is 0.416 e. The van der Waals surface area contributed by atoms with Crippen LogP contribution in [0.2, 0.25) is 0 Å². The Bertz CT molecular complexity index is 1030. The third-order valence-corrected chi connectivity index (χ3v) is 6.04. The Morgan fingerprint density at radius 1 is 1.15 bits per heavy atom. The topological polar surface area (TPSA) is 78.8 Å². The number of phenolic OH excluding ortho intramolecular Hbond substituents is 1. The van der Waals surface area contributed by atoms with Gasteiger partial charge in [-0.25, -0.2) is 4.79 Å². The van der Waals surface area contributed by atoms with E-state index < -0.39 is 23.1 Å². The van der Waals surface area contributed by atoms with Gasteiger partial charge >= 0.3 is 12.3 Å².